The minimum Gasteiger partial charge on any atom is -0.494 e. The maximum absolute atomic E-state index is 8.94. The summed E-state index contributed by atoms with van der Waals surface area (Å²) < 4.78 is 16.4. The van der Waals surface area contributed by atoms with Crippen LogP contribution in [0.3, 0.4) is 0 Å². The number of hydrogen-bond acceptors (Lipinski definition) is 4. The maximum atomic E-state index is 8.94. The Labute approximate surface area is 139 Å². The minimum atomic E-state index is 0.302. The second-order valence-corrected chi connectivity index (χ2v) is 5.54. The van der Waals surface area contributed by atoms with Crippen molar-refractivity contribution in [1.29, 1.82) is 0 Å². The molecule has 5 nitrogen and oxygen atoms in total. The molecule has 0 aromatic heterocycles. The van der Waals surface area contributed by atoms with Crippen molar-refractivity contribution >= 4 is 5.78 Å². The van der Waals surface area contributed by atoms with E-state index in [1.807, 2.05) is 19.2 Å². The van der Waals surface area contributed by atoms with Crippen molar-refractivity contribution in [3.8, 4) is 5.75 Å². The molecule has 0 spiro atoms. The lowest BCUT2D eigenvalue weighted by atomic mass is 10.1. The quantitative estimate of drug-likeness (QED) is 0.448. The summed E-state index contributed by atoms with van der Waals surface area (Å²) >= 11 is 0. The van der Waals surface area contributed by atoms with Crippen LogP contribution < -0.4 is 10.1 Å². The second kappa shape index (κ2) is 12.0. The lowest BCUT2D eigenvalue weighted by Gasteiger charge is -2.12. The van der Waals surface area contributed by atoms with Crippen LogP contribution in [0.2, 0.25) is 0 Å². The molecule has 0 heterocycles. The predicted molar refractivity (Wildman–Crippen MR) is 92.9 cm³/mol. The predicted octanol–water partition coefficient (Wildman–Crippen LogP) is 2.72. The smallest absolute Gasteiger partial charge is 0.315 e. The van der Waals surface area contributed by atoms with E-state index < -0.39 is 0 Å². The van der Waals surface area contributed by atoms with Crippen molar-refractivity contribution in [3.05, 3.63) is 29.8 Å². The number of ether oxygens (including phenoxy) is 3. The standard InChI is InChI=1S/C18H29NO4/c1-15(20)14-22-12-4-10-21-11-5-13-23-18-8-6-17(7-9-18)16(2)19-3/h6-9,16,19H,4-5,10-14H2,1-3H3/p+1/t16-/m1/s1. The van der Waals surface area contributed by atoms with Crippen LogP contribution in [0, 0.1) is 0 Å². The summed E-state index contributed by atoms with van der Waals surface area (Å²) in [7, 11) is 1.95. The average Bonchev–Trinajstić information content (AvgIpc) is 2.56. The first-order valence-corrected chi connectivity index (χ1v) is 8.20. The third-order valence-electron chi connectivity index (χ3n) is 3.40. The van der Waals surface area contributed by atoms with Crippen molar-refractivity contribution in [3.63, 3.8) is 0 Å². The minimum absolute atomic E-state index is 0.302. The Hall–Kier alpha value is -1.43. The molecule has 1 atom stereocenters. The normalized spacial score (nSPS) is 12.1. The molecule has 0 fully saturated rings. The molecule has 0 bridgehead atoms. The average molecular weight is 324 g/mol. The summed E-state index contributed by atoms with van der Waals surface area (Å²) in [5.41, 5.74) is 1.25. The molecule has 0 aliphatic carbocycles. The van der Waals surface area contributed by atoms with Gasteiger partial charge in [0, 0.05) is 39.2 Å². The van der Waals surface area contributed by atoms with Crippen LogP contribution in [-0.4, -0.2) is 50.7 Å². The van der Waals surface area contributed by atoms with Gasteiger partial charge in [-0.1, -0.05) is 12.1 Å². The molecular weight excluding hydrogens is 294 g/mol. The second-order valence-electron chi connectivity index (χ2n) is 5.54. The van der Waals surface area contributed by atoms with Crippen molar-refractivity contribution < 1.29 is 19.0 Å². The highest BCUT2D eigenvalue weighted by Crippen LogP contribution is 2.17. The molecule has 1 aromatic rings. The number of nitrogens with one attached hydrogen (secondary N) is 1. The Morgan fingerprint density at radius 3 is 2.26 bits per heavy atom. The number of rotatable bonds is 13. The molecule has 0 aliphatic heterocycles. The molecule has 0 aliphatic rings. The van der Waals surface area contributed by atoms with Crippen LogP contribution in [0.1, 0.15) is 38.3 Å². The van der Waals surface area contributed by atoms with Crippen molar-refractivity contribution in [1.82, 2.24) is 5.32 Å². The Morgan fingerprint density at radius 2 is 1.65 bits per heavy atom. The van der Waals surface area contributed by atoms with Gasteiger partial charge in [-0.25, -0.2) is 0 Å². The van der Waals surface area contributed by atoms with Gasteiger partial charge in [-0.2, -0.15) is 0 Å². The Bertz CT molecular complexity index is 433. The van der Waals surface area contributed by atoms with Crippen LogP contribution in [0.15, 0.2) is 24.3 Å². The van der Waals surface area contributed by atoms with Crippen LogP contribution in [-0.2, 0) is 9.47 Å². The summed E-state index contributed by atoms with van der Waals surface area (Å²) in [6, 6.07) is 8.51. The van der Waals surface area contributed by atoms with E-state index in [2.05, 4.69) is 24.4 Å². The van der Waals surface area contributed by atoms with Gasteiger partial charge in [-0.3, -0.25) is 4.79 Å². The highest BCUT2D eigenvalue weighted by Gasteiger charge is 2.02. The van der Waals surface area contributed by atoms with Gasteiger partial charge in [0.1, 0.15) is 5.75 Å². The van der Waals surface area contributed by atoms with Crippen LogP contribution in [0.5, 0.6) is 5.75 Å². The van der Waals surface area contributed by atoms with E-state index >= 15 is 0 Å². The molecule has 2 N–H and O–H groups in total. The number of hydrogen-bond donors (Lipinski definition) is 1. The summed E-state index contributed by atoms with van der Waals surface area (Å²) in [5, 5.41) is 3.21. The lowest BCUT2D eigenvalue weighted by molar-refractivity contribution is 0.0876. The summed E-state index contributed by atoms with van der Waals surface area (Å²) in [4.78, 5) is 8.94. The van der Waals surface area contributed by atoms with Crippen molar-refractivity contribution in [2.24, 2.45) is 0 Å². The maximum Gasteiger partial charge on any atom is 0.315 e. The topological polar surface area (TPSA) is 61.1 Å². The largest absolute Gasteiger partial charge is 0.494 e. The first-order valence-electron chi connectivity index (χ1n) is 8.20. The fourth-order valence-corrected chi connectivity index (χ4v) is 1.96. The van der Waals surface area contributed by atoms with E-state index in [0.29, 0.717) is 44.9 Å². The van der Waals surface area contributed by atoms with Crippen molar-refractivity contribution in [2.75, 3.05) is 40.1 Å². The fourth-order valence-electron chi connectivity index (χ4n) is 1.96. The fraction of sp³-hybridized carbons (Fsp3) is 0.611. The Morgan fingerprint density at radius 1 is 1.04 bits per heavy atom. The molecule has 130 valence electrons. The summed E-state index contributed by atoms with van der Waals surface area (Å²) in [5.74, 6) is 1.19. The molecule has 1 aromatic carbocycles. The summed E-state index contributed by atoms with van der Waals surface area (Å²) in [6.07, 6.45) is 1.69. The third kappa shape index (κ3) is 9.33. The van der Waals surface area contributed by atoms with E-state index in [0.717, 1.165) is 18.6 Å². The van der Waals surface area contributed by atoms with Gasteiger partial charge in [0.25, 0.3) is 0 Å². The third-order valence-corrected chi connectivity index (χ3v) is 3.40. The Kier molecular flexibility index (Phi) is 10.3. The van der Waals surface area contributed by atoms with E-state index in [1.54, 1.807) is 6.92 Å². The summed E-state index contributed by atoms with van der Waals surface area (Å²) in [6.45, 7) is 6.66. The number of benzene rings is 1. The molecule has 5 heteroatoms. The Balaban J connectivity index is 1.99. The van der Waals surface area contributed by atoms with Crippen LogP contribution >= 0.6 is 0 Å². The van der Waals surface area contributed by atoms with Gasteiger partial charge < -0.3 is 19.5 Å². The molecule has 0 saturated heterocycles. The molecule has 0 saturated carbocycles. The zero-order valence-corrected chi connectivity index (χ0v) is 14.5. The molecule has 0 unspecified atom stereocenters. The van der Waals surface area contributed by atoms with E-state index in [1.165, 1.54) is 5.56 Å². The molecular formula is C18H30NO4+. The van der Waals surface area contributed by atoms with Gasteiger partial charge >= 0.3 is 5.78 Å². The van der Waals surface area contributed by atoms with E-state index in [-0.39, 0.29) is 0 Å². The zero-order valence-electron chi connectivity index (χ0n) is 14.5. The van der Waals surface area contributed by atoms with Gasteiger partial charge in [0.15, 0.2) is 6.61 Å². The van der Waals surface area contributed by atoms with Gasteiger partial charge in [0.2, 0.25) is 0 Å². The SMILES string of the molecule is CN[C@H](C)c1ccc(OCCCOCCCOCC(C)=[OH+])cc1. The van der Waals surface area contributed by atoms with E-state index in [4.69, 9.17) is 19.0 Å². The van der Waals surface area contributed by atoms with Crippen molar-refractivity contribution in [2.45, 2.75) is 32.7 Å². The number of ketones is 1. The molecule has 1 rings (SSSR count). The van der Waals surface area contributed by atoms with Gasteiger partial charge in [-0.15, -0.1) is 0 Å². The monoisotopic (exact) mass is 324 g/mol. The van der Waals surface area contributed by atoms with Crippen LogP contribution in [0.4, 0.5) is 0 Å². The highest BCUT2D eigenvalue weighted by atomic mass is 16.5. The lowest BCUT2D eigenvalue weighted by Crippen LogP contribution is -2.12. The molecule has 0 radical (unpaired) electrons. The van der Waals surface area contributed by atoms with Gasteiger partial charge in [-0.05, 0) is 38.1 Å². The van der Waals surface area contributed by atoms with E-state index in [9.17, 15) is 0 Å². The molecule has 0 amide bonds. The first-order chi connectivity index (χ1) is 11.1. The highest BCUT2D eigenvalue weighted by molar-refractivity contribution is 5.77. The number of carbonyl (C=O) groups excluding carboxylic acids is 1. The van der Waals surface area contributed by atoms with Crippen LogP contribution in [0.25, 0.3) is 0 Å². The molecule has 23 heavy (non-hydrogen) atoms. The first kappa shape index (κ1) is 19.6. The zero-order chi connectivity index (χ0) is 16.9. The van der Waals surface area contributed by atoms with Gasteiger partial charge in [0.05, 0.1) is 6.61 Å².